The molecular formula is C21H26FNO3S. The number of nitrogens with one attached hydrogen (secondary N) is 1. The summed E-state index contributed by atoms with van der Waals surface area (Å²) < 4.78 is 24.9. The summed E-state index contributed by atoms with van der Waals surface area (Å²) >= 11 is 1.35. The van der Waals surface area contributed by atoms with Gasteiger partial charge in [-0.2, -0.15) is 0 Å². The number of carbonyl (C=O) groups is 1. The smallest absolute Gasteiger partial charge is 0.344 e. The molecule has 2 rings (SSSR count). The molecule has 0 spiro atoms. The van der Waals surface area contributed by atoms with Crippen LogP contribution in [0, 0.1) is 5.82 Å². The lowest BCUT2D eigenvalue weighted by atomic mass is 10.0. The minimum absolute atomic E-state index is 0.188. The van der Waals surface area contributed by atoms with Crippen LogP contribution in [0.4, 0.5) is 4.39 Å². The van der Waals surface area contributed by atoms with Crippen molar-refractivity contribution in [2.75, 3.05) is 19.9 Å². The minimum atomic E-state index is -0.565. The number of thioether (sulfide) groups is 1. The van der Waals surface area contributed by atoms with Crippen LogP contribution < -0.4 is 10.1 Å². The SMILES string of the molecule is CNCc1ccc(OCC(=O)OC(C)(C)C)c(-c2ccc(F)c(SC)c2)c1. The molecule has 0 aliphatic rings. The number of ether oxygens (including phenoxy) is 2. The highest BCUT2D eigenvalue weighted by atomic mass is 32.2. The Balaban J connectivity index is 2.33. The molecule has 0 amide bonds. The zero-order chi connectivity index (χ0) is 20.0. The monoisotopic (exact) mass is 391 g/mol. The average molecular weight is 392 g/mol. The molecule has 6 heteroatoms. The topological polar surface area (TPSA) is 47.6 Å². The van der Waals surface area contributed by atoms with Gasteiger partial charge < -0.3 is 14.8 Å². The van der Waals surface area contributed by atoms with E-state index in [4.69, 9.17) is 9.47 Å². The Hall–Kier alpha value is -2.05. The second-order valence-electron chi connectivity index (χ2n) is 7.09. The fourth-order valence-corrected chi connectivity index (χ4v) is 3.09. The van der Waals surface area contributed by atoms with Gasteiger partial charge in [-0.3, -0.25) is 0 Å². The summed E-state index contributed by atoms with van der Waals surface area (Å²) in [5, 5.41) is 3.11. The Labute approximate surface area is 164 Å². The van der Waals surface area contributed by atoms with E-state index in [9.17, 15) is 9.18 Å². The first-order valence-electron chi connectivity index (χ1n) is 8.69. The van der Waals surface area contributed by atoms with Gasteiger partial charge in [0.15, 0.2) is 6.61 Å². The lowest BCUT2D eigenvalue weighted by Crippen LogP contribution is -2.27. The van der Waals surface area contributed by atoms with Gasteiger partial charge in [0.1, 0.15) is 17.2 Å². The van der Waals surface area contributed by atoms with E-state index in [1.165, 1.54) is 17.8 Å². The van der Waals surface area contributed by atoms with Crippen LogP contribution >= 0.6 is 11.8 Å². The molecule has 1 N–H and O–H groups in total. The Morgan fingerprint density at radius 1 is 1.19 bits per heavy atom. The number of benzene rings is 2. The molecule has 27 heavy (non-hydrogen) atoms. The van der Waals surface area contributed by atoms with E-state index < -0.39 is 11.6 Å². The highest BCUT2D eigenvalue weighted by molar-refractivity contribution is 7.98. The second kappa shape index (κ2) is 9.24. The molecule has 0 unspecified atom stereocenters. The second-order valence-corrected chi connectivity index (χ2v) is 7.93. The van der Waals surface area contributed by atoms with Crippen LogP contribution in [-0.4, -0.2) is 31.5 Å². The first kappa shape index (κ1) is 21.3. The molecule has 0 atom stereocenters. The predicted octanol–water partition coefficient (Wildman–Crippen LogP) is 4.65. The van der Waals surface area contributed by atoms with Crippen molar-refractivity contribution in [1.29, 1.82) is 0 Å². The average Bonchev–Trinajstić information content (AvgIpc) is 2.60. The van der Waals surface area contributed by atoms with E-state index in [1.54, 1.807) is 12.1 Å². The van der Waals surface area contributed by atoms with Crippen LogP contribution in [0.15, 0.2) is 41.3 Å². The lowest BCUT2D eigenvalue weighted by Gasteiger charge is -2.20. The van der Waals surface area contributed by atoms with E-state index in [2.05, 4.69) is 5.32 Å². The molecule has 0 saturated carbocycles. The third kappa shape index (κ3) is 6.26. The Morgan fingerprint density at radius 3 is 2.56 bits per heavy atom. The number of hydrogen-bond acceptors (Lipinski definition) is 5. The first-order valence-corrected chi connectivity index (χ1v) is 9.92. The van der Waals surface area contributed by atoms with Crippen molar-refractivity contribution in [1.82, 2.24) is 5.32 Å². The Morgan fingerprint density at radius 2 is 1.93 bits per heavy atom. The first-order chi connectivity index (χ1) is 12.7. The molecule has 0 fully saturated rings. The molecule has 0 heterocycles. The zero-order valence-corrected chi connectivity index (χ0v) is 17.2. The van der Waals surface area contributed by atoms with E-state index in [0.29, 0.717) is 17.2 Å². The molecule has 0 aliphatic heterocycles. The summed E-state index contributed by atoms with van der Waals surface area (Å²) in [6.45, 7) is 5.93. The van der Waals surface area contributed by atoms with Crippen molar-refractivity contribution < 1.29 is 18.7 Å². The van der Waals surface area contributed by atoms with E-state index >= 15 is 0 Å². The summed E-state index contributed by atoms with van der Waals surface area (Å²) in [7, 11) is 1.87. The molecular weight excluding hydrogens is 365 g/mol. The maximum Gasteiger partial charge on any atom is 0.344 e. The fourth-order valence-electron chi connectivity index (χ4n) is 2.58. The highest BCUT2D eigenvalue weighted by Gasteiger charge is 2.18. The molecule has 0 aliphatic carbocycles. The summed E-state index contributed by atoms with van der Waals surface area (Å²) in [6, 6.07) is 10.7. The summed E-state index contributed by atoms with van der Waals surface area (Å²) in [5.74, 6) is -0.134. The molecule has 0 radical (unpaired) electrons. The van der Waals surface area contributed by atoms with Gasteiger partial charge in [0.2, 0.25) is 0 Å². The van der Waals surface area contributed by atoms with Gasteiger partial charge in [0.25, 0.3) is 0 Å². The van der Waals surface area contributed by atoms with Gasteiger partial charge in [0, 0.05) is 17.0 Å². The normalized spacial score (nSPS) is 11.3. The van der Waals surface area contributed by atoms with Crippen molar-refractivity contribution in [3.8, 4) is 16.9 Å². The van der Waals surface area contributed by atoms with Crippen molar-refractivity contribution >= 4 is 17.7 Å². The lowest BCUT2D eigenvalue weighted by molar-refractivity contribution is -0.157. The van der Waals surface area contributed by atoms with Crippen molar-refractivity contribution in [2.45, 2.75) is 37.8 Å². The van der Waals surface area contributed by atoms with Crippen molar-refractivity contribution in [2.24, 2.45) is 0 Å². The van der Waals surface area contributed by atoms with Gasteiger partial charge in [-0.25, -0.2) is 9.18 Å². The van der Waals surface area contributed by atoms with Crippen molar-refractivity contribution in [3.63, 3.8) is 0 Å². The Kier molecular flexibility index (Phi) is 7.27. The van der Waals surface area contributed by atoms with Crippen molar-refractivity contribution in [3.05, 3.63) is 47.8 Å². The van der Waals surface area contributed by atoms with Crippen LogP contribution in [-0.2, 0) is 16.1 Å². The number of rotatable bonds is 7. The largest absolute Gasteiger partial charge is 0.481 e. The summed E-state index contributed by atoms with van der Waals surface area (Å²) in [4.78, 5) is 12.5. The van der Waals surface area contributed by atoms with Crippen LogP contribution in [0.3, 0.4) is 0 Å². The zero-order valence-electron chi connectivity index (χ0n) is 16.4. The number of hydrogen-bond donors (Lipinski definition) is 1. The van der Waals surface area contributed by atoms with Crippen LogP contribution in [0.25, 0.3) is 11.1 Å². The van der Waals surface area contributed by atoms with E-state index in [0.717, 1.165) is 16.7 Å². The number of carbonyl (C=O) groups excluding carboxylic acids is 1. The summed E-state index contributed by atoms with van der Waals surface area (Å²) in [6.07, 6.45) is 1.83. The maximum absolute atomic E-state index is 13.9. The van der Waals surface area contributed by atoms with Crippen LogP contribution in [0.5, 0.6) is 5.75 Å². The summed E-state index contributed by atoms with van der Waals surface area (Å²) in [5.41, 5.74) is 2.14. The quantitative estimate of drug-likeness (QED) is 0.550. The molecule has 0 bridgehead atoms. The van der Waals surface area contributed by atoms with Gasteiger partial charge in [-0.1, -0.05) is 12.1 Å². The predicted molar refractivity (Wildman–Crippen MR) is 108 cm³/mol. The van der Waals surface area contributed by atoms with Crippen LogP contribution in [0.1, 0.15) is 26.3 Å². The highest BCUT2D eigenvalue weighted by Crippen LogP contribution is 2.34. The third-order valence-electron chi connectivity index (χ3n) is 3.65. The van der Waals surface area contributed by atoms with Gasteiger partial charge in [-0.15, -0.1) is 11.8 Å². The fraction of sp³-hybridized carbons (Fsp3) is 0.381. The van der Waals surface area contributed by atoms with Gasteiger partial charge in [-0.05, 0) is 69.5 Å². The Bertz CT molecular complexity index is 802. The van der Waals surface area contributed by atoms with Gasteiger partial charge >= 0.3 is 5.97 Å². The number of esters is 1. The van der Waals surface area contributed by atoms with E-state index in [-0.39, 0.29) is 12.4 Å². The minimum Gasteiger partial charge on any atom is -0.481 e. The molecule has 2 aromatic rings. The molecule has 0 aromatic heterocycles. The standard InChI is InChI=1S/C21H26FNO3S/c1-21(2,3)26-20(24)13-25-18-9-6-14(12-23-4)10-16(18)15-7-8-17(22)19(11-15)27-5/h6-11,23H,12-13H2,1-5H3. The molecule has 2 aromatic carbocycles. The van der Waals surface area contributed by atoms with Crippen LogP contribution in [0.2, 0.25) is 0 Å². The third-order valence-corrected chi connectivity index (χ3v) is 4.41. The number of halogens is 1. The molecule has 4 nitrogen and oxygen atoms in total. The maximum atomic E-state index is 13.9. The van der Waals surface area contributed by atoms with E-state index in [1.807, 2.05) is 52.3 Å². The van der Waals surface area contributed by atoms with Gasteiger partial charge in [0.05, 0.1) is 0 Å². The molecule has 146 valence electrons. The molecule has 0 saturated heterocycles.